The van der Waals surface area contributed by atoms with Crippen LogP contribution >= 0.6 is 0 Å². The lowest BCUT2D eigenvalue weighted by molar-refractivity contribution is -0.142. The third-order valence-electron chi connectivity index (χ3n) is 3.69. The molecule has 0 spiro atoms. The molecule has 3 aromatic rings. The van der Waals surface area contributed by atoms with Crippen LogP contribution in [0.25, 0.3) is 17.1 Å². The van der Waals surface area contributed by atoms with Gasteiger partial charge in [-0.25, -0.2) is 4.68 Å². The van der Waals surface area contributed by atoms with Crippen LogP contribution in [0.5, 0.6) is 0 Å². The first kappa shape index (κ1) is 20.7. The van der Waals surface area contributed by atoms with Gasteiger partial charge in [-0.2, -0.15) is 24.2 Å². The SMILES string of the molecule is C=C/C=C(\ON)C(=O)Nc1ccc(-n2nc(-c3cccnc3)cc2C(F)(F)F)nn1. The van der Waals surface area contributed by atoms with E-state index in [-0.39, 0.29) is 23.1 Å². The summed E-state index contributed by atoms with van der Waals surface area (Å²) in [5.41, 5.74) is -0.573. The van der Waals surface area contributed by atoms with Crippen LogP contribution < -0.4 is 11.2 Å². The fraction of sp³-hybridized carbons (Fsp3) is 0.0556. The number of pyridine rings is 1. The maximum absolute atomic E-state index is 13.5. The van der Waals surface area contributed by atoms with Crippen LogP contribution in [0.4, 0.5) is 19.0 Å². The van der Waals surface area contributed by atoms with E-state index in [2.05, 4.69) is 37.0 Å². The summed E-state index contributed by atoms with van der Waals surface area (Å²) in [6, 6.07) is 6.53. The summed E-state index contributed by atoms with van der Waals surface area (Å²) < 4.78 is 41.1. The molecule has 0 aliphatic rings. The van der Waals surface area contributed by atoms with Gasteiger partial charge in [0.15, 0.2) is 17.3 Å². The second kappa shape index (κ2) is 8.53. The molecule has 3 aromatic heterocycles. The smallest absolute Gasteiger partial charge is 0.406 e. The van der Waals surface area contributed by atoms with E-state index in [1.54, 1.807) is 12.1 Å². The zero-order valence-electron chi connectivity index (χ0n) is 15.2. The van der Waals surface area contributed by atoms with Gasteiger partial charge in [0.25, 0.3) is 5.91 Å². The monoisotopic (exact) mass is 417 g/mol. The Morgan fingerprint density at radius 3 is 2.63 bits per heavy atom. The predicted molar refractivity (Wildman–Crippen MR) is 99.6 cm³/mol. The van der Waals surface area contributed by atoms with Gasteiger partial charge < -0.3 is 10.2 Å². The maximum atomic E-state index is 13.5. The summed E-state index contributed by atoms with van der Waals surface area (Å²) >= 11 is 0. The van der Waals surface area contributed by atoms with Crippen LogP contribution in [0, 0.1) is 0 Å². The number of halogens is 3. The fourth-order valence-electron chi connectivity index (χ4n) is 2.37. The van der Waals surface area contributed by atoms with Crippen molar-refractivity contribution in [1.29, 1.82) is 0 Å². The van der Waals surface area contributed by atoms with Crippen LogP contribution in [0.15, 0.2) is 67.2 Å². The lowest BCUT2D eigenvalue weighted by atomic mass is 10.2. The van der Waals surface area contributed by atoms with Gasteiger partial charge in [-0.3, -0.25) is 9.78 Å². The number of hydrogen-bond acceptors (Lipinski definition) is 7. The molecule has 0 aliphatic heterocycles. The van der Waals surface area contributed by atoms with Crippen LogP contribution in [-0.4, -0.2) is 30.9 Å². The molecule has 0 bridgehead atoms. The zero-order valence-corrected chi connectivity index (χ0v) is 15.2. The van der Waals surface area contributed by atoms with E-state index in [4.69, 9.17) is 5.90 Å². The first-order chi connectivity index (χ1) is 14.3. The van der Waals surface area contributed by atoms with Crippen molar-refractivity contribution in [2.24, 2.45) is 5.90 Å². The third kappa shape index (κ3) is 4.50. The van der Waals surface area contributed by atoms with Crippen molar-refractivity contribution in [3.63, 3.8) is 0 Å². The molecule has 3 rings (SSSR count). The van der Waals surface area contributed by atoms with Crippen molar-refractivity contribution >= 4 is 11.7 Å². The lowest BCUT2D eigenvalue weighted by Gasteiger charge is -2.09. The molecule has 154 valence electrons. The molecule has 3 heterocycles. The summed E-state index contributed by atoms with van der Waals surface area (Å²) in [7, 11) is 0. The molecule has 3 N–H and O–H groups in total. The van der Waals surface area contributed by atoms with Crippen LogP contribution in [0.2, 0.25) is 0 Å². The Morgan fingerprint density at radius 2 is 2.07 bits per heavy atom. The number of carbonyl (C=O) groups excluding carboxylic acids is 1. The number of nitrogens with zero attached hydrogens (tertiary/aromatic N) is 5. The molecule has 0 saturated heterocycles. The van der Waals surface area contributed by atoms with E-state index < -0.39 is 17.8 Å². The number of allylic oxidation sites excluding steroid dienone is 2. The average Bonchev–Trinajstić information content (AvgIpc) is 3.19. The van der Waals surface area contributed by atoms with Gasteiger partial charge in [0, 0.05) is 18.0 Å². The first-order valence-electron chi connectivity index (χ1n) is 8.26. The molecule has 0 atom stereocenters. The van der Waals surface area contributed by atoms with Crippen molar-refractivity contribution < 1.29 is 22.8 Å². The number of carbonyl (C=O) groups is 1. The molecule has 30 heavy (non-hydrogen) atoms. The Bertz CT molecular complexity index is 1080. The van der Waals surface area contributed by atoms with Crippen molar-refractivity contribution in [2.75, 3.05) is 5.32 Å². The Balaban J connectivity index is 1.92. The van der Waals surface area contributed by atoms with Crippen molar-refractivity contribution in [3.05, 3.63) is 72.9 Å². The van der Waals surface area contributed by atoms with Gasteiger partial charge in [-0.1, -0.05) is 12.7 Å². The molecular weight excluding hydrogens is 403 g/mol. The molecule has 0 fully saturated rings. The van der Waals surface area contributed by atoms with Gasteiger partial charge in [0.1, 0.15) is 0 Å². The first-order valence-corrected chi connectivity index (χ1v) is 8.26. The van der Waals surface area contributed by atoms with Gasteiger partial charge in [-0.15, -0.1) is 10.2 Å². The molecule has 1 amide bonds. The Labute approximate surface area is 167 Å². The Hall–Kier alpha value is -4.06. The van der Waals surface area contributed by atoms with Gasteiger partial charge >= 0.3 is 6.18 Å². The largest absolute Gasteiger partial charge is 0.433 e. The van der Waals surface area contributed by atoms with E-state index >= 15 is 0 Å². The fourth-order valence-corrected chi connectivity index (χ4v) is 2.37. The zero-order chi connectivity index (χ0) is 21.7. The van der Waals surface area contributed by atoms with Crippen LogP contribution in [0.3, 0.4) is 0 Å². The highest BCUT2D eigenvalue weighted by Crippen LogP contribution is 2.33. The van der Waals surface area contributed by atoms with Gasteiger partial charge in [0.05, 0.1) is 5.69 Å². The minimum Gasteiger partial charge on any atom is -0.406 e. The average molecular weight is 417 g/mol. The summed E-state index contributed by atoms with van der Waals surface area (Å²) in [5.74, 6) is 3.76. The molecule has 12 heteroatoms. The molecular formula is C18H14F3N7O2. The minimum absolute atomic E-state index is 0.0380. The number of nitrogens with one attached hydrogen (secondary N) is 1. The number of aromatic nitrogens is 5. The minimum atomic E-state index is -4.69. The molecule has 0 unspecified atom stereocenters. The molecule has 0 aliphatic carbocycles. The second-order valence-electron chi connectivity index (χ2n) is 5.68. The van der Waals surface area contributed by atoms with Crippen LogP contribution in [-0.2, 0) is 15.8 Å². The summed E-state index contributed by atoms with van der Waals surface area (Å²) in [4.78, 5) is 20.2. The summed E-state index contributed by atoms with van der Waals surface area (Å²) in [5, 5.41) is 13.8. The standard InChI is InChI=1S/C18H14F3N7O2/c1-2-4-13(30-22)17(29)24-15-6-7-16(26-25-15)28-14(18(19,20)21)9-12(27-28)11-5-3-8-23-10-11/h2-10H,1,22H2,(H,24,25,29)/b13-4-. The predicted octanol–water partition coefficient (Wildman–Crippen LogP) is 2.64. The third-order valence-corrected chi connectivity index (χ3v) is 3.69. The number of hydrogen-bond donors (Lipinski definition) is 2. The van der Waals surface area contributed by atoms with E-state index in [1.807, 2.05) is 0 Å². The van der Waals surface area contributed by atoms with E-state index in [0.29, 0.717) is 10.2 Å². The van der Waals surface area contributed by atoms with E-state index in [9.17, 15) is 18.0 Å². The second-order valence-corrected chi connectivity index (χ2v) is 5.68. The highest BCUT2D eigenvalue weighted by atomic mass is 19.4. The molecule has 0 radical (unpaired) electrons. The van der Waals surface area contributed by atoms with Crippen molar-refractivity contribution in [3.8, 4) is 17.1 Å². The summed E-state index contributed by atoms with van der Waals surface area (Å²) in [6.45, 7) is 3.41. The topological polar surface area (TPSA) is 121 Å². The number of rotatable bonds is 6. The number of anilines is 1. The van der Waals surface area contributed by atoms with Crippen molar-refractivity contribution in [2.45, 2.75) is 6.18 Å². The van der Waals surface area contributed by atoms with Crippen molar-refractivity contribution in [1.82, 2.24) is 25.0 Å². The number of amides is 1. The van der Waals surface area contributed by atoms with E-state index in [0.717, 1.165) is 6.07 Å². The van der Waals surface area contributed by atoms with Gasteiger partial charge in [-0.05, 0) is 36.4 Å². The van der Waals surface area contributed by atoms with Gasteiger partial charge in [0.2, 0.25) is 5.76 Å². The highest BCUT2D eigenvalue weighted by molar-refractivity contribution is 6.01. The quantitative estimate of drug-likeness (QED) is 0.274. The maximum Gasteiger partial charge on any atom is 0.433 e. The normalized spacial score (nSPS) is 11.8. The summed E-state index contributed by atoms with van der Waals surface area (Å²) in [6.07, 6.45) is 0.702. The van der Waals surface area contributed by atoms with Crippen LogP contribution in [0.1, 0.15) is 5.69 Å². The molecule has 0 aromatic carbocycles. The lowest BCUT2D eigenvalue weighted by Crippen LogP contribution is -2.20. The number of nitrogens with two attached hydrogens (primary N) is 1. The highest BCUT2D eigenvalue weighted by Gasteiger charge is 2.37. The number of alkyl halides is 3. The molecule has 0 saturated carbocycles. The molecule has 9 nitrogen and oxygen atoms in total. The Kier molecular flexibility index (Phi) is 5.88. The van der Waals surface area contributed by atoms with E-state index in [1.165, 1.54) is 36.7 Å². The Morgan fingerprint density at radius 1 is 1.27 bits per heavy atom.